The lowest BCUT2D eigenvalue weighted by Gasteiger charge is -2.35. The number of aliphatic hydroxyl groups excluding tert-OH is 1. The summed E-state index contributed by atoms with van der Waals surface area (Å²) in [5.41, 5.74) is 7.99. The SMILES string of the molecule is CC(=O)c1ccc(N(C)CC2CC(O)C2)cc1N. The first-order chi connectivity index (χ1) is 8.47. The molecule has 0 radical (unpaired) electrons. The highest BCUT2D eigenvalue weighted by molar-refractivity contribution is 5.99. The lowest BCUT2D eigenvalue weighted by atomic mass is 9.82. The maximum Gasteiger partial charge on any atom is 0.161 e. The third kappa shape index (κ3) is 2.64. The van der Waals surface area contributed by atoms with Gasteiger partial charge in [-0.15, -0.1) is 0 Å². The highest BCUT2D eigenvalue weighted by Gasteiger charge is 2.28. The average molecular weight is 248 g/mol. The number of carbonyl (C=O) groups excluding carboxylic acids is 1. The van der Waals surface area contributed by atoms with Crippen LogP contribution < -0.4 is 10.6 Å². The van der Waals surface area contributed by atoms with E-state index in [9.17, 15) is 9.90 Å². The molecule has 18 heavy (non-hydrogen) atoms. The standard InChI is InChI=1S/C14H20N2O2/c1-9(17)13-4-3-11(7-14(13)15)16(2)8-10-5-12(18)6-10/h3-4,7,10,12,18H,5-6,8,15H2,1-2H3. The van der Waals surface area contributed by atoms with Crippen LogP contribution in [0, 0.1) is 5.92 Å². The maximum absolute atomic E-state index is 11.3. The van der Waals surface area contributed by atoms with Crippen LogP contribution in [-0.4, -0.2) is 30.6 Å². The summed E-state index contributed by atoms with van der Waals surface area (Å²) in [7, 11) is 2.01. The van der Waals surface area contributed by atoms with Crippen LogP contribution in [-0.2, 0) is 0 Å². The Balaban J connectivity index is 2.04. The van der Waals surface area contributed by atoms with Gasteiger partial charge in [0.25, 0.3) is 0 Å². The monoisotopic (exact) mass is 248 g/mol. The fourth-order valence-electron chi connectivity index (χ4n) is 2.45. The van der Waals surface area contributed by atoms with Crippen LogP contribution in [0.4, 0.5) is 11.4 Å². The van der Waals surface area contributed by atoms with E-state index in [0.29, 0.717) is 17.2 Å². The number of benzene rings is 1. The Labute approximate surface area is 107 Å². The van der Waals surface area contributed by atoms with Gasteiger partial charge in [-0.3, -0.25) is 4.79 Å². The molecule has 1 aliphatic rings. The zero-order chi connectivity index (χ0) is 13.3. The second kappa shape index (κ2) is 4.98. The van der Waals surface area contributed by atoms with Crippen molar-refractivity contribution in [3.63, 3.8) is 0 Å². The number of rotatable bonds is 4. The van der Waals surface area contributed by atoms with Crippen molar-refractivity contribution in [3.05, 3.63) is 23.8 Å². The zero-order valence-electron chi connectivity index (χ0n) is 10.9. The van der Waals surface area contributed by atoms with Crippen molar-refractivity contribution in [2.24, 2.45) is 5.92 Å². The van der Waals surface area contributed by atoms with Crippen molar-refractivity contribution in [2.75, 3.05) is 24.2 Å². The number of Topliss-reactive ketones (excluding diaryl/α,β-unsaturated/α-hetero) is 1. The molecule has 1 saturated carbocycles. The number of anilines is 2. The summed E-state index contributed by atoms with van der Waals surface area (Å²) >= 11 is 0. The molecule has 3 N–H and O–H groups in total. The topological polar surface area (TPSA) is 66.6 Å². The molecule has 0 heterocycles. The van der Waals surface area contributed by atoms with Crippen molar-refractivity contribution in [1.82, 2.24) is 0 Å². The van der Waals surface area contributed by atoms with Gasteiger partial charge in [0.1, 0.15) is 0 Å². The van der Waals surface area contributed by atoms with E-state index in [1.807, 2.05) is 19.2 Å². The number of nitrogens with zero attached hydrogens (tertiary/aromatic N) is 1. The first-order valence-corrected chi connectivity index (χ1v) is 6.27. The molecule has 4 heteroatoms. The molecule has 1 aliphatic carbocycles. The molecule has 4 nitrogen and oxygen atoms in total. The van der Waals surface area contributed by atoms with Crippen LogP contribution in [0.5, 0.6) is 0 Å². The quantitative estimate of drug-likeness (QED) is 0.628. The van der Waals surface area contributed by atoms with Crippen LogP contribution in [0.2, 0.25) is 0 Å². The molecular formula is C14H20N2O2. The van der Waals surface area contributed by atoms with E-state index in [2.05, 4.69) is 4.90 Å². The third-order valence-electron chi connectivity index (χ3n) is 3.60. The maximum atomic E-state index is 11.3. The van der Waals surface area contributed by atoms with E-state index >= 15 is 0 Å². The van der Waals surface area contributed by atoms with Crippen molar-refractivity contribution in [2.45, 2.75) is 25.9 Å². The molecule has 0 unspecified atom stereocenters. The van der Waals surface area contributed by atoms with Gasteiger partial charge < -0.3 is 15.7 Å². The molecule has 1 aromatic rings. The Hall–Kier alpha value is -1.55. The van der Waals surface area contributed by atoms with Gasteiger partial charge >= 0.3 is 0 Å². The van der Waals surface area contributed by atoms with Crippen molar-refractivity contribution in [3.8, 4) is 0 Å². The number of hydrogen-bond donors (Lipinski definition) is 2. The molecule has 0 aromatic heterocycles. The molecule has 0 atom stereocenters. The fourth-order valence-corrected chi connectivity index (χ4v) is 2.45. The highest BCUT2D eigenvalue weighted by atomic mass is 16.3. The number of nitrogen functional groups attached to an aromatic ring is 1. The molecule has 0 saturated heterocycles. The molecule has 1 fully saturated rings. The Morgan fingerprint density at radius 3 is 2.67 bits per heavy atom. The minimum Gasteiger partial charge on any atom is -0.398 e. The second-order valence-corrected chi connectivity index (χ2v) is 5.20. The van der Waals surface area contributed by atoms with E-state index in [1.54, 1.807) is 6.07 Å². The summed E-state index contributed by atoms with van der Waals surface area (Å²) in [6.45, 7) is 2.43. The fraction of sp³-hybridized carbons (Fsp3) is 0.500. The summed E-state index contributed by atoms with van der Waals surface area (Å²) in [6, 6.07) is 5.53. The number of aliphatic hydroxyl groups is 1. The minimum atomic E-state index is -0.117. The minimum absolute atomic E-state index is 0.0104. The first kappa shape index (κ1) is 12.9. The van der Waals surface area contributed by atoms with Crippen molar-refractivity contribution >= 4 is 17.2 Å². The van der Waals surface area contributed by atoms with E-state index in [4.69, 9.17) is 5.73 Å². The van der Waals surface area contributed by atoms with Gasteiger partial charge in [-0.05, 0) is 43.9 Å². The predicted molar refractivity (Wildman–Crippen MR) is 72.9 cm³/mol. The molecule has 98 valence electrons. The average Bonchev–Trinajstić information content (AvgIpc) is 2.26. The molecular weight excluding hydrogens is 228 g/mol. The van der Waals surface area contributed by atoms with Crippen LogP contribution in [0.1, 0.15) is 30.1 Å². The lowest BCUT2D eigenvalue weighted by molar-refractivity contribution is 0.0465. The summed E-state index contributed by atoms with van der Waals surface area (Å²) < 4.78 is 0. The summed E-state index contributed by atoms with van der Waals surface area (Å²) in [4.78, 5) is 13.4. The smallest absolute Gasteiger partial charge is 0.161 e. The van der Waals surface area contributed by atoms with Gasteiger partial charge in [0.15, 0.2) is 5.78 Å². The van der Waals surface area contributed by atoms with E-state index < -0.39 is 0 Å². The molecule has 1 aromatic carbocycles. The normalized spacial score (nSPS) is 22.4. The first-order valence-electron chi connectivity index (χ1n) is 6.27. The number of hydrogen-bond acceptors (Lipinski definition) is 4. The summed E-state index contributed by atoms with van der Waals surface area (Å²) in [5, 5.41) is 9.27. The van der Waals surface area contributed by atoms with Gasteiger partial charge in [-0.1, -0.05) is 0 Å². The summed E-state index contributed by atoms with van der Waals surface area (Å²) in [5.74, 6) is 0.544. The van der Waals surface area contributed by atoms with Crippen LogP contribution in [0.25, 0.3) is 0 Å². The van der Waals surface area contributed by atoms with Crippen LogP contribution in [0.15, 0.2) is 18.2 Å². The van der Waals surface area contributed by atoms with Crippen molar-refractivity contribution in [1.29, 1.82) is 0 Å². The molecule has 0 spiro atoms. The number of ketones is 1. The van der Waals surface area contributed by atoms with Gasteiger partial charge in [-0.25, -0.2) is 0 Å². The van der Waals surface area contributed by atoms with Gasteiger partial charge in [0, 0.05) is 30.5 Å². The third-order valence-corrected chi connectivity index (χ3v) is 3.60. The molecule has 0 bridgehead atoms. The molecule has 0 amide bonds. The van der Waals surface area contributed by atoms with Gasteiger partial charge in [-0.2, -0.15) is 0 Å². The Kier molecular flexibility index (Phi) is 3.57. The lowest BCUT2D eigenvalue weighted by Crippen LogP contribution is -2.37. The number of nitrogens with two attached hydrogens (primary N) is 1. The summed E-state index contributed by atoms with van der Waals surface area (Å²) in [6.07, 6.45) is 1.64. The van der Waals surface area contributed by atoms with E-state index in [-0.39, 0.29) is 11.9 Å². The van der Waals surface area contributed by atoms with Crippen molar-refractivity contribution < 1.29 is 9.90 Å². The van der Waals surface area contributed by atoms with E-state index in [1.165, 1.54) is 6.92 Å². The van der Waals surface area contributed by atoms with Crippen LogP contribution in [0.3, 0.4) is 0 Å². The predicted octanol–water partition coefficient (Wildman–Crippen LogP) is 1.68. The largest absolute Gasteiger partial charge is 0.398 e. The molecule has 2 rings (SSSR count). The molecule has 0 aliphatic heterocycles. The Morgan fingerprint density at radius 1 is 1.50 bits per heavy atom. The Morgan fingerprint density at radius 2 is 2.17 bits per heavy atom. The van der Waals surface area contributed by atoms with Gasteiger partial charge in [0.05, 0.1) is 6.10 Å². The van der Waals surface area contributed by atoms with Gasteiger partial charge in [0.2, 0.25) is 0 Å². The number of carbonyl (C=O) groups is 1. The van der Waals surface area contributed by atoms with Crippen LogP contribution >= 0.6 is 0 Å². The van der Waals surface area contributed by atoms with E-state index in [0.717, 1.165) is 25.1 Å². The highest BCUT2D eigenvalue weighted by Crippen LogP contribution is 2.29. The Bertz CT molecular complexity index is 453. The second-order valence-electron chi connectivity index (χ2n) is 5.20. The zero-order valence-corrected chi connectivity index (χ0v) is 10.9.